The van der Waals surface area contributed by atoms with E-state index in [1.54, 1.807) is 37.3 Å². The third-order valence-corrected chi connectivity index (χ3v) is 4.68. The van der Waals surface area contributed by atoms with Crippen LogP contribution in [0.4, 0.5) is 22.1 Å². The highest BCUT2D eigenvalue weighted by molar-refractivity contribution is 5.90. The molecule has 0 atom stereocenters. The molecule has 2 heterocycles. The zero-order chi connectivity index (χ0) is 20.8. The van der Waals surface area contributed by atoms with Gasteiger partial charge in [-0.3, -0.25) is 0 Å². The molecule has 1 saturated heterocycles. The van der Waals surface area contributed by atoms with E-state index in [9.17, 15) is 4.79 Å². The highest BCUT2D eigenvalue weighted by atomic mass is 16.5. The number of hydrogen-bond donors (Lipinski definition) is 2. The molecule has 1 aromatic carbocycles. The van der Waals surface area contributed by atoms with Gasteiger partial charge in [-0.25, -0.2) is 14.8 Å². The molecule has 1 aliphatic rings. The fourth-order valence-corrected chi connectivity index (χ4v) is 3.21. The standard InChI is InChI=1S/C20H28N6O3/c1-5-21-18-13-19(23-14(2)22-18)25-6-8-26(9-7-25)20(27)24-15-10-16(28-3)12-17(11-15)29-4/h10-13H,5-9H2,1-4H3,(H,24,27)(H,21,22,23). The molecule has 9 nitrogen and oxygen atoms in total. The largest absolute Gasteiger partial charge is 0.497 e. The van der Waals surface area contributed by atoms with Crippen molar-refractivity contribution < 1.29 is 14.3 Å². The molecule has 3 rings (SSSR count). The van der Waals surface area contributed by atoms with E-state index in [0.717, 1.165) is 24.0 Å². The van der Waals surface area contributed by atoms with Gasteiger partial charge in [-0.05, 0) is 13.8 Å². The van der Waals surface area contributed by atoms with E-state index >= 15 is 0 Å². The summed E-state index contributed by atoms with van der Waals surface area (Å²) in [4.78, 5) is 25.6. The Morgan fingerprint density at radius 2 is 1.69 bits per heavy atom. The van der Waals surface area contributed by atoms with E-state index in [1.807, 2.05) is 19.9 Å². The van der Waals surface area contributed by atoms with Crippen LogP contribution in [0, 0.1) is 6.92 Å². The van der Waals surface area contributed by atoms with Crippen LogP contribution in [-0.4, -0.2) is 67.8 Å². The number of ether oxygens (including phenoxy) is 2. The van der Waals surface area contributed by atoms with Crippen LogP contribution in [0.5, 0.6) is 11.5 Å². The van der Waals surface area contributed by atoms with E-state index in [4.69, 9.17) is 9.47 Å². The lowest BCUT2D eigenvalue weighted by Gasteiger charge is -2.35. The molecule has 2 N–H and O–H groups in total. The minimum absolute atomic E-state index is 0.146. The van der Waals surface area contributed by atoms with Crippen LogP contribution in [0.1, 0.15) is 12.7 Å². The number of rotatable bonds is 6. The lowest BCUT2D eigenvalue weighted by molar-refractivity contribution is 0.208. The van der Waals surface area contributed by atoms with Crippen LogP contribution in [0.25, 0.3) is 0 Å². The first kappa shape index (κ1) is 20.5. The molecule has 1 aliphatic heterocycles. The highest BCUT2D eigenvalue weighted by Gasteiger charge is 2.23. The van der Waals surface area contributed by atoms with Crippen molar-refractivity contribution in [1.29, 1.82) is 0 Å². The average molecular weight is 400 g/mol. The summed E-state index contributed by atoms with van der Waals surface area (Å²) in [5, 5.41) is 6.15. The summed E-state index contributed by atoms with van der Waals surface area (Å²) < 4.78 is 10.5. The molecule has 1 fully saturated rings. The Hall–Kier alpha value is -3.23. The molecule has 0 saturated carbocycles. The number of piperazine rings is 1. The number of nitrogens with zero attached hydrogens (tertiary/aromatic N) is 4. The van der Waals surface area contributed by atoms with Crippen molar-refractivity contribution in [2.24, 2.45) is 0 Å². The van der Waals surface area contributed by atoms with E-state index < -0.39 is 0 Å². The average Bonchev–Trinajstić information content (AvgIpc) is 2.73. The maximum atomic E-state index is 12.7. The zero-order valence-electron chi connectivity index (χ0n) is 17.4. The van der Waals surface area contributed by atoms with Crippen molar-refractivity contribution in [1.82, 2.24) is 14.9 Å². The number of aromatic nitrogens is 2. The van der Waals surface area contributed by atoms with Gasteiger partial charge in [-0.1, -0.05) is 0 Å². The first-order valence-corrected chi connectivity index (χ1v) is 9.66. The highest BCUT2D eigenvalue weighted by Crippen LogP contribution is 2.26. The first-order chi connectivity index (χ1) is 14.0. The second-order valence-corrected chi connectivity index (χ2v) is 6.69. The Morgan fingerprint density at radius 3 is 2.28 bits per heavy atom. The van der Waals surface area contributed by atoms with E-state index in [-0.39, 0.29) is 6.03 Å². The van der Waals surface area contributed by atoms with Crippen molar-refractivity contribution in [3.63, 3.8) is 0 Å². The van der Waals surface area contributed by atoms with Gasteiger partial charge in [-0.2, -0.15) is 0 Å². The number of urea groups is 1. The molecule has 156 valence electrons. The third-order valence-electron chi connectivity index (χ3n) is 4.68. The summed E-state index contributed by atoms with van der Waals surface area (Å²) in [6.07, 6.45) is 0. The molecular formula is C20H28N6O3. The van der Waals surface area contributed by atoms with Crippen molar-refractivity contribution in [2.75, 3.05) is 62.5 Å². The summed E-state index contributed by atoms with van der Waals surface area (Å²) >= 11 is 0. The van der Waals surface area contributed by atoms with Gasteiger partial charge >= 0.3 is 6.03 Å². The normalized spacial score (nSPS) is 13.8. The molecule has 29 heavy (non-hydrogen) atoms. The molecule has 0 aliphatic carbocycles. The lowest BCUT2D eigenvalue weighted by Crippen LogP contribution is -2.50. The van der Waals surface area contributed by atoms with Crippen molar-refractivity contribution in [3.8, 4) is 11.5 Å². The van der Waals surface area contributed by atoms with Crippen LogP contribution < -0.4 is 25.0 Å². The Bertz CT molecular complexity index is 830. The molecule has 2 amide bonds. The summed E-state index contributed by atoms with van der Waals surface area (Å²) in [5.74, 6) is 3.68. The van der Waals surface area contributed by atoms with Crippen molar-refractivity contribution in [2.45, 2.75) is 13.8 Å². The monoisotopic (exact) mass is 400 g/mol. The predicted molar refractivity (Wildman–Crippen MR) is 113 cm³/mol. The Morgan fingerprint density at radius 1 is 1.03 bits per heavy atom. The number of carbonyl (C=O) groups is 1. The lowest BCUT2D eigenvalue weighted by atomic mass is 10.2. The van der Waals surface area contributed by atoms with Crippen molar-refractivity contribution in [3.05, 3.63) is 30.1 Å². The van der Waals surface area contributed by atoms with Gasteiger partial charge in [0.1, 0.15) is 29.0 Å². The zero-order valence-corrected chi connectivity index (χ0v) is 17.4. The summed E-state index contributed by atoms with van der Waals surface area (Å²) in [5.41, 5.74) is 0.635. The quantitative estimate of drug-likeness (QED) is 0.770. The SMILES string of the molecule is CCNc1cc(N2CCN(C(=O)Nc3cc(OC)cc(OC)c3)CC2)nc(C)n1. The van der Waals surface area contributed by atoms with Gasteiger partial charge in [0, 0.05) is 62.7 Å². The van der Waals surface area contributed by atoms with Crippen LogP contribution >= 0.6 is 0 Å². The summed E-state index contributed by atoms with van der Waals surface area (Å²) in [6, 6.07) is 7.10. The maximum absolute atomic E-state index is 12.7. The fraction of sp³-hybridized carbons (Fsp3) is 0.450. The number of amides is 2. The third kappa shape index (κ3) is 5.18. The number of methoxy groups -OCH3 is 2. The molecule has 0 spiro atoms. The Labute approximate surface area is 171 Å². The van der Waals surface area contributed by atoms with Crippen LogP contribution in [-0.2, 0) is 0 Å². The molecule has 9 heteroatoms. The Balaban J connectivity index is 1.61. The first-order valence-electron chi connectivity index (χ1n) is 9.66. The van der Waals surface area contributed by atoms with E-state index in [2.05, 4.69) is 25.5 Å². The fourth-order valence-electron chi connectivity index (χ4n) is 3.21. The topological polar surface area (TPSA) is 91.9 Å². The van der Waals surface area contributed by atoms with Crippen LogP contribution in [0.3, 0.4) is 0 Å². The second kappa shape index (κ2) is 9.31. The summed E-state index contributed by atoms with van der Waals surface area (Å²) in [7, 11) is 3.16. The molecule has 2 aromatic rings. The number of hydrogen-bond acceptors (Lipinski definition) is 7. The number of benzene rings is 1. The van der Waals surface area contributed by atoms with Gasteiger partial charge < -0.3 is 29.9 Å². The number of anilines is 3. The molecule has 0 unspecified atom stereocenters. The van der Waals surface area contributed by atoms with Crippen LogP contribution in [0.2, 0.25) is 0 Å². The second-order valence-electron chi connectivity index (χ2n) is 6.69. The van der Waals surface area contributed by atoms with Gasteiger partial charge in [-0.15, -0.1) is 0 Å². The number of carbonyl (C=O) groups excluding carboxylic acids is 1. The predicted octanol–water partition coefficient (Wildman–Crippen LogP) is 2.59. The minimum atomic E-state index is -0.146. The van der Waals surface area contributed by atoms with Gasteiger partial charge in [0.05, 0.1) is 14.2 Å². The molecule has 0 bridgehead atoms. The van der Waals surface area contributed by atoms with E-state index in [0.29, 0.717) is 43.4 Å². The van der Waals surface area contributed by atoms with Gasteiger partial charge in [0.25, 0.3) is 0 Å². The van der Waals surface area contributed by atoms with Crippen LogP contribution in [0.15, 0.2) is 24.3 Å². The molecule has 1 aromatic heterocycles. The minimum Gasteiger partial charge on any atom is -0.497 e. The smallest absolute Gasteiger partial charge is 0.321 e. The number of aryl methyl sites for hydroxylation is 1. The van der Waals surface area contributed by atoms with Gasteiger partial charge in [0.15, 0.2) is 0 Å². The molecule has 0 radical (unpaired) electrons. The maximum Gasteiger partial charge on any atom is 0.321 e. The number of nitrogens with one attached hydrogen (secondary N) is 2. The van der Waals surface area contributed by atoms with Gasteiger partial charge in [0.2, 0.25) is 0 Å². The summed E-state index contributed by atoms with van der Waals surface area (Å²) in [6.45, 7) is 7.34. The molecular weight excluding hydrogens is 372 g/mol. The van der Waals surface area contributed by atoms with Crippen molar-refractivity contribution >= 4 is 23.4 Å². The Kier molecular flexibility index (Phi) is 6.58. The van der Waals surface area contributed by atoms with E-state index in [1.165, 1.54) is 0 Å².